The molecular weight excluding hydrogens is 282 g/mol. The maximum absolute atomic E-state index is 12.5. The standard InChI is InChI=1S/C12H19N3O4S/c1-7(16)13-9-3-4-14(5-9)12(19)15-8(2)20-6-10(15)11(17)18/h8-10H,3-6H2,1-2H3,(H,13,16)(H,17,18). The predicted octanol–water partition coefficient (Wildman–Crippen LogP) is 0.165. The Kier molecular flexibility index (Phi) is 4.42. The van der Waals surface area contributed by atoms with Crippen LogP contribution in [-0.2, 0) is 9.59 Å². The number of nitrogens with one attached hydrogen (secondary N) is 1. The number of urea groups is 1. The fourth-order valence-electron chi connectivity index (χ4n) is 2.63. The Morgan fingerprint density at radius 1 is 1.35 bits per heavy atom. The Morgan fingerprint density at radius 3 is 2.65 bits per heavy atom. The van der Waals surface area contributed by atoms with Crippen LogP contribution in [0.2, 0.25) is 0 Å². The molecule has 0 saturated carbocycles. The summed E-state index contributed by atoms with van der Waals surface area (Å²) in [6.45, 7) is 4.28. The largest absolute Gasteiger partial charge is 0.480 e. The van der Waals surface area contributed by atoms with E-state index >= 15 is 0 Å². The molecule has 2 aliphatic heterocycles. The number of carboxylic acids is 1. The summed E-state index contributed by atoms with van der Waals surface area (Å²) in [5.41, 5.74) is 0. The zero-order chi connectivity index (χ0) is 14.9. The molecule has 3 amide bonds. The van der Waals surface area contributed by atoms with Crippen molar-refractivity contribution in [2.45, 2.75) is 37.7 Å². The molecule has 0 aromatic carbocycles. The fourth-order valence-corrected chi connectivity index (χ4v) is 3.79. The molecule has 20 heavy (non-hydrogen) atoms. The molecule has 2 rings (SSSR count). The minimum atomic E-state index is -0.965. The molecule has 2 fully saturated rings. The Balaban J connectivity index is 2.00. The zero-order valence-electron chi connectivity index (χ0n) is 11.5. The lowest BCUT2D eigenvalue weighted by molar-refractivity contribution is -0.141. The van der Waals surface area contributed by atoms with Gasteiger partial charge in [-0.15, -0.1) is 11.8 Å². The van der Waals surface area contributed by atoms with Gasteiger partial charge in [-0.2, -0.15) is 0 Å². The average Bonchev–Trinajstić information content (AvgIpc) is 2.94. The third kappa shape index (κ3) is 3.00. The number of likely N-dealkylation sites (tertiary alicyclic amines) is 1. The van der Waals surface area contributed by atoms with Crippen molar-refractivity contribution >= 4 is 29.7 Å². The minimum absolute atomic E-state index is 0.0368. The van der Waals surface area contributed by atoms with Crippen LogP contribution in [-0.4, -0.2) is 69.1 Å². The second-order valence-corrected chi connectivity index (χ2v) is 6.46. The Labute approximate surface area is 121 Å². The van der Waals surface area contributed by atoms with Crippen LogP contribution in [0.15, 0.2) is 0 Å². The molecule has 0 radical (unpaired) electrons. The van der Waals surface area contributed by atoms with Gasteiger partial charge >= 0.3 is 12.0 Å². The van der Waals surface area contributed by atoms with E-state index in [4.69, 9.17) is 0 Å². The van der Waals surface area contributed by atoms with Gasteiger partial charge < -0.3 is 15.3 Å². The minimum Gasteiger partial charge on any atom is -0.480 e. The first-order chi connectivity index (χ1) is 9.40. The number of aliphatic carboxylic acids is 1. The topological polar surface area (TPSA) is 90.0 Å². The van der Waals surface area contributed by atoms with E-state index in [1.165, 1.54) is 23.6 Å². The van der Waals surface area contributed by atoms with Gasteiger partial charge in [0.25, 0.3) is 0 Å². The summed E-state index contributed by atoms with van der Waals surface area (Å²) in [5, 5.41) is 11.8. The van der Waals surface area contributed by atoms with Crippen molar-refractivity contribution in [3.8, 4) is 0 Å². The van der Waals surface area contributed by atoms with Gasteiger partial charge in [0.2, 0.25) is 5.91 Å². The van der Waals surface area contributed by atoms with Crippen molar-refractivity contribution in [1.29, 1.82) is 0 Å². The molecule has 0 aliphatic carbocycles. The van der Waals surface area contributed by atoms with E-state index in [1.807, 2.05) is 6.92 Å². The van der Waals surface area contributed by atoms with Gasteiger partial charge in [-0.1, -0.05) is 0 Å². The summed E-state index contributed by atoms with van der Waals surface area (Å²) in [5.74, 6) is -0.656. The van der Waals surface area contributed by atoms with Crippen LogP contribution in [0.25, 0.3) is 0 Å². The number of nitrogens with zero attached hydrogens (tertiary/aromatic N) is 2. The normalized spacial score (nSPS) is 29.6. The highest BCUT2D eigenvalue weighted by molar-refractivity contribution is 8.00. The van der Waals surface area contributed by atoms with Crippen LogP contribution in [0.3, 0.4) is 0 Å². The monoisotopic (exact) mass is 301 g/mol. The van der Waals surface area contributed by atoms with Crippen LogP contribution in [0.5, 0.6) is 0 Å². The quantitative estimate of drug-likeness (QED) is 0.758. The smallest absolute Gasteiger partial charge is 0.327 e. The molecule has 3 atom stereocenters. The van der Waals surface area contributed by atoms with Crippen molar-refractivity contribution in [1.82, 2.24) is 15.1 Å². The van der Waals surface area contributed by atoms with Crippen LogP contribution < -0.4 is 5.32 Å². The highest BCUT2D eigenvalue weighted by Crippen LogP contribution is 2.30. The number of thioether (sulfide) groups is 1. The third-order valence-electron chi connectivity index (χ3n) is 3.59. The van der Waals surface area contributed by atoms with Crippen molar-refractivity contribution in [2.75, 3.05) is 18.8 Å². The number of carbonyl (C=O) groups is 3. The SMILES string of the molecule is CC(=O)NC1CCN(C(=O)N2C(C)SCC2C(=O)O)C1. The zero-order valence-corrected chi connectivity index (χ0v) is 12.4. The van der Waals surface area contributed by atoms with E-state index in [0.717, 1.165) is 0 Å². The Hall–Kier alpha value is -1.44. The molecule has 7 nitrogen and oxygen atoms in total. The average molecular weight is 301 g/mol. The molecule has 0 aromatic rings. The number of rotatable bonds is 2. The van der Waals surface area contributed by atoms with E-state index in [0.29, 0.717) is 25.3 Å². The highest BCUT2D eigenvalue weighted by Gasteiger charge is 2.42. The number of carboxylic acid groups (broad SMARTS) is 1. The van der Waals surface area contributed by atoms with E-state index in [2.05, 4.69) is 5.32 Å². The van der Waals surface area contributed by atoms with E-state index in [9.17, 15) is 19.5 Å². The molecular formula is C12H19N3O4S. The summed E-state index contributed by atoms with van der Waals surface area (Å²) < 4.78 is 0. The molecule has 3 unspecified atom stereocenters. The lowest BCUT2D eigenvalue weighted by Crippen LogP contribution is -2.51. The number of carbonyl (C=O) groups excluding carboxylic acids is 2. The number of hydrogen-bond acceptors (Lipinski definition) is 4. The third-order valence-corrected chi connectivity index (χ3v) is 4.81. The van der Waals surface area contributed by atoms with Crippen LogP contribution >= 0.6 is 11.8 Å². The summed E-state index contributed by atoms with van der Waals surface area (Å²) in [6, 6.07) is -1.05. The summed E-state index contributed by atoms with van der Waals surface area (Å²) in [4.78, 5) is 37.7. The van der Waals surface area contributed by atoms with E-state index in [-0.39, 0.29) is 23.4 Å². The second kappa shape index (κ2) is 5.90. The van der Waals surface area contributed by atoms with Crippen LogP contribution in [0.1, 0.15) is 20.3 Å². The van der Waals surface area contributed by atoms with E-state index < -0.39 is 12.0 Å². The lowest BCUT2D eigenvalue weighted by atomic mass is 10.2. The predicted molar refractivity (Wildman–Crippen MR) is 74.4 cm³/mol. The maximum atomic E-state index is 12.5. The van der Waals surface area contributed by atoms with Crippen molar-refractivity contribution in [3.63, 3.8) is 0 Å². The van der Waals surface area contributed by atoms with Gasteiger partial charge in [-0.3, -0.25) is 9.69 Å². The molecule has 0 spiro atoms. The van der Waals surface area contributed by atoms with Crippen molar-refractivity contribution in [2.24, 2.45) is 0 Å². The lowest BCUT2D eigenvalue weighted by Gasteiger charge is -2.30. The van der Waals surface area contributed by atoms with Gasteiger partial charge in [0.15, 0.2) is 0 Å². The first kappa shape index (κ1) is 15.0. The molecule has 0 aromatic heterocycles. The second-order valence-electron chi connectivity index (χ2n) is 5.11. The number of hydrogen-bond donors (Lipinski definition) is 2. The van der Waals surface area contributed by atoms with Crippen LogP contribution in [0.4, 0.5) is 4.79 Å². The first-order valence-corrected chi connectivity index (χ1v) is 7.63. The molecule has 112 valence electrons. The molecule has 2 saturated heterocycles. The molecule has 2 N–H and O–H groups in total. The summed E-state index contributed by atoms with van der Waals surface area (Å²) in [6.07, 6.45) is 0.707. The summed E-state index contributed by atoms with van der Waals surface area (Å²) in [7, 11) is 0. The van der Waals surface area contributed by atoms with Gasteiger partial charge in [0.1, 0.15) is 6.04 Å². The highest BCUT2D eigenvalue weighted by atomic mass is 32.2. The van der Waals surface area contributed by atoms with Crippen molar-refractivity contribution < 1.29 is 19.5 Å². The van der Waals surface area contributed by atoms with E-state index in [1.54, 1.807) is 4.90 Å². The number of amides is 3. The van der Waals surface area contributed by atoms with Gasteiger partial charge in [0.05, 0.1) is 5.37 Å². The fraction of sp³-hybridized carbons (Fsp3) is 0.750. The van der Waals surface area contributed by atoms with Gasteiger partial charge in [-0.25, -0.2) is 9.59 Å². The summed E-state index contributed by atoms with van der Waals surface area (Å²) >= 11 is 1.47. The van der Waals surface area contributed by atoms with Crippen molar-refractivity contribution in [3.05, 3.63) is 0 Å². The molecule has 0 bridgehead atoms. The Bertz CT molecular complexity index is 431. The Morgan fingerprint density at radius 2 is 2.05 bits per heavy atom. The molecule has 2 heterocycles. The van der Waals surface area contributed by atoms with Gasteiger partial charge in [0, 0.05) is 31.8 Å². The molecule has 8 heteroatoms. The molecule has 2 aliphatic rings. The van der Waals surface area contributed by atoms with Gasteiger partial charge in [-0.05, 0) is 13.3 Å². The van der Waals surface area contributed by atoms with Crippen LogP contribution in [0, 0.1) is 0 Å². The maximum Gasteiger partial charge on any atom is 0.327 e. The first-order valence-electron chi connectivity index (χ1n) is 6.59.